The zero-order valence-electron chi connectivity index (χ0n) is 12.7. The Hall–Kier alpha value is -1.88. The third kappa shape index (κ3) is 3.82. The molecule has 1 saturated carbocycles. The lowest BCUT2D eigenvalue weighted by atomic mass is 10.3. The standard InChI is InChI=1S/C16H22N4O/c1-3-20(10-14-6-4-5-12(2)18-14)16-19-15(11-21-16)9-17-13-7-8-13/h4-6,11,13,17H,3,7-10H2,1-2H3. The van der Waals surface area contributed by atoms with Crippen molar-refractivity contribution >= 4 is 6.01 Å². The molecule has 0 aliphatic heterocycles. The fourth-order valence-electron chi connectivity index (χ4n) is 2.26. The van der Waals surface area contributed by atoms with Crippen LogP contribution >= 0.6 is 0 Å². The lowest BCUT2D eigenvalue weighted by molar-refractivity contribution is 0.532. The Morgan fingerprint density at radius 2 is 2.14 bits per heavy atom. The SMILES string of the molecule is CCN(Cc1cccc(C)n1)c1nc(CNC2CC2)co1. The first-order valence-electron chi connectivity index (χ1n) is 7.60. The lowest BCUT2D eigenvalue weighted by Gasteiger charge is -2.17. The van der Waals surface area contributed by atoms with E-state index < -0.39 is 0 Å². The largest absolute Gasteiger partial charge is 0.432 e. The summed E-state index contributed by atoms with van der Waals surface area (Å²) in [6.07, 6.45) is 4.31. The van der Waals surface area contributed by atoms with Gasteiger partial charge in [-0.05, 0) is 38.8 Å². The van der Waals surface area contributed by atoms with E-state index in [-0.39, 0.29) is 0 Å². The predicted octanol–water partition coefficient (Wildman–Crippen LogP) is 2.66. The number of anilines is 1. The molecule has 2 heterocycles. The topological polar surface area (TPSA) is 54.2 Å². The average Bonchev–Trinajstić information content (AvgIpc) is 3.20. The lowest BCUT2D eigenvalue weighted by Crippen LogP contribution is -2.23. The molecule has 1 aliphatic rings. The van der Waals surface area contributed by atoms with Crippen molar-refractivity contribution in [2.75, 3.05) is 11.4 Å². The van der Waals surface area contributed by atoms with Gasteiger partial charge in [0.15, 0.2) is 0 Å². The fraction of sp³-hybridized carbons (Fsp3) is 0.500. The van der Waals surface area contributed by atoms with Crippen molar-refractivity contribution in [1.29, 1.82) is 0 Å². The Kier molecular flexibility index (Phi) is 4.20. The van der Waals surface area contributed by atoms with Crippen molar-refractivity contribution in [3.05, 3.63) is 41.5 Å². The maximum absolute atomic E-state index is 5.62. The van der Waals surface area contributed by atoms with E-state index in [9.17, 15) is 0 Å². The normalized spacial score (nSPS) is 14.4. The molecule has 0 atom stereocenters. The third-order valence-corrected chi connectivity index (χ3v) is 3.64. The molecule has 0 unspecified atom stereocenters. The van der Waals surface area contributed by atoms with Crippen molar-refractivity contribution in [1.82, 2.24) is 15.3 Å². The quantitative estimate of drug-likeness (QED) is 0.848. The number of pyridine rings is 1. The molecule has 2 aromatic rings. The molecule has 112 valence electrons. The second-order valence-corrected chi connectivity index (χ2v) is 5.56. The summed E-state index contributed by atoms with van der Waals surface area (Å²) in [4.78, 5) is 11.2. The van der Waals surface area contributed by atoms with Gasteiger partial charge in [-0.2, -0.15) is 4.98 Å². The molecule has 0 spiro atoms. The van der Waals surface area contributed by atoms with Crippen LogP contribution in [0.2, 0.25) is 0 Å². The highest BCUT2D eigenvalue weighted by Gasteiger charge is 2.21. The molecule has 5 heteroatoms. The summed E-state index contributed by atoms with van der Waals surface area (Å²) in [6, 6.07) is 7.43. The van der Waals surface area contributed by atoms with Crippen LogP contribution in [0.4, 0.5) is 6.01 Å². The summed E-state index contributed by atoms with van der Waals surface area (Å²) in [5.41, 5.74) is 3.03. The van der Waals surface area contributed by atoms with Crippen LogP contribution < -0.4 is 10.2 Å². The van der Waals surface area contributed by atoms with E-state index in [1.54, 1.807) is 6.26 Å². The van der Waals surface area contributed by atoms with Gasteiger partial charge in [-0.1, -0.05) is 6.07 Å². The highest BCUT2D eigenvalue weighted by Crippen LogP contribution is 2.20. The molecular formula is C16H22N4O. The van der Waals surface area contributed by atoms with E-state index in [0.29, 0.717) is 18.6 Å². The van der Waals surface area contributed by atoms with Gasteiger partial charge in [-0.3, -0.25) is 4.98 Å². The first-order chi connectivity index (χ1) is 10.2. The number of aryl methyl sites for hydroxylation is 1. The molecule has 1 aliphatic carbocycles. The zero-order chi connectivity index (χ0) is 14.7. The van der Waals surface area contributed by atoms with Gasteiger partial charge in [0.25, 0.3) is 6.01 Å². The minimum Gasteiger partial charge on any atom is -0.432 e. The van der Waals surface area contributed by atoms with E-state index in [4.69, 9.17) is 4.42 Å². The highest BCUT2D eigenvalue weighted by molar-refractivity contribution is 5.28. The van der Waals surface area contributed by atoms with E-state index in [0.717, 1.165) is 30.2 Å². The van der Waals surface area contributed by atoms with Gasteiger partial charge >= 0.3 is 0 Å². The number of rotatable bonds is 7. The second-order valence-electron chi connectivity index (χ2n) is 5.56. The summed E-state index contributed by atoms with van der Waals surface area (Å²) >= 11 is 0. The van der Waals surface area contributed by atoms with Gasteiger partial charge in [0.05, 0.1) is 17.9 Å². The Bertz CT molecular complexity index is 591. The van der Waals surface area contributed by atoms with Crippen molar-refractivity contribution in [2.24, 2.45) is 0 Å². The molecule has 0 aromatic carbocycles. The van der Waals surface area contributed by atoms with E-state index in [1.165, 1.54) is 12.8 Å². The molecule has 0 saturated heterocycles. The van der Waals surface area contributed by atoms with Gasteiger partial charge < -0.3 is 14.6 Å². The first-order valence-corrected chi connectivity index (χ1v) is 7.60. The molecule has 21 heavy (non-hydrogen) atoms. The third-order valence-electron chi connectivity index (χ3n) is 3.64. The van der Waals surface area contributed by atoms with Gasteiger partial charge in [0.2, 0.25) is 0 Å². The summed E-state index contributed by atoms with van der Waals surface area (Å²) in [7, 11) is 0. The Labute approximate surface area is 125 Å². The van der Waals surface area contributed by atoms with E-state index in [1.807, 2.05) is 25.1 Å². The molecule has 3 rings (SSSR count). The molecule has 0 amide bonds. The van der Waals surface area contributed by atoms with Crippen LogP contribution in [0.3, 0.4) is 0 Å². The molecule has 2 aromatic heterocycles. The van der Waals surface area contributed by atoms with Crippen molar-refractivity contribution in [3.63, 3.8) is 0 Å². The first kappa shape index (κ1) is 14.1. The summed E-state index contributed by atoms with van der Waals surface area (Å²) < 4.78 is 5.62. The number of oxazole rings is 1. The van der Waals surface area contributed by atoms with Crippen molar-refractivity contribution in [2.45, 2.75) is 45.8 Å². The fourth-order valence-corrected chi connectivity index (χ4v) is 2.26. The molecule has 5 nitrogen and oxygen atoms in total. The number of nitrogens with one attached hydrogen (secondary N) is 1. The Balaban J connectivity index is 1.64. The number of aromatic nitrogens is 2. The maximum atomic E-state index is 5.62. The van der Waals surface area contributed by atoms with Crippen LogP contribution in [0, 0.1) is 6.92 Å². The van der Waals surface area contributed by atoms with Crippen LogP contribution in [0.15, 0.2) is 28.9 Å². The van der Waals surface area contributed by atoms with Gasteiger partial charge in [-0.15, -0.1) is 0 Å². The van der Waals surface area contributed by atoms with E-state index in [2.05, 4.69) is 27.1 Å². The summed E-state index contributed by atoms with van der Waals surface area (Å²) in [6.45, 7) is 6.45. The number of hydrogen-bond donors (Lipinski definition) is 1. The van der Waals surface area contributed by atoms with E-state index >= 15 is 0 Å². The smallest absolute Gasteiger partial charge is 0.297 e. The van der Waals surface area contributed by atoms with Crippen LogP contribution in [-0.2, 0) is 13.1 Å². The van der Waals surface area contributed by atoms with Crippen LogP contribution in [0.25, 0.3) is 0 Å². The van der Waals surface area contributed by atoms with Crippen LogP contribution in [0.1, 0.15) is 36.8 Å². The second kappa shape index (κ2) is 6.26. The Morgan fingerprint density at radius 1 is 1.29 bits per heavy atom. The van der Waals surface area contributed by atoms with Gasteiger partial charge in [0.1, 0.15) is 6.26 Å². The average molecular weight is 286 g/mol. The molecular weight excluding hydrogens is 264 g/mol. The Morgan fingerprint density at radius 3 is 2.86 bits per heavy atom. The van der Waals surface area contributed by atoms with Crippen molar-refractivity contribution < 1.29 is 4.42 Å². The van der Waals surface area contributed by atoms with Crippen molar-refractivity contribution in [3.8, 4) is 0 Å². The van der Waals surface area contributed by atoms with Gasteiger partial charge in [0, 0.05) is 24.8 Å². The molecule has 0 radical (unpaired) electrons. The molecule has 1 N–H and O–H groups in total. The predicted molar refractivity (Wildman–Crippen MR) is 82.1 cm³/mol. The number of nitrogens with zero attached hydrogens (tertiary/aromatic N) is 3. The maximum Gasteiger partial charge on any atom is 0.297 e. The number of hydrogen-bond acceptors (Lipinski definition) is 5. The summed E-state index contributed by atoms with van der Waals surface area (Å²) in [5, 5.41) is 3.45. The summed E-state index contributed by atoms with van der Waals surface area (Å²) in [5.74, 6) is 0. The monoisotopic (exact) mass is 286 g/mol. The molecule has 1 fully saturated rings. The minimum atomic E-state index is 0.674. The van der Waals surface area contributed by atoms with Gasteiger partial charge in [-0.25, -0.2) is 0 Å². The molecule has 0 bridgehead atoms. The van der Waals surface area contributed by atoms with Crippen LogP contribution in [0.5, 0.6) is 0 Å². The zero-order valence-corrected chi connectivity index (χ0v) is 12.7. The minimum absolute atomic E-state index is 0.674. The highest BCUT2D eigenvalue weighted by atomic mass is 16.4. The van der Waals surface area contributed by atoms with Crippen LogP contribution in [-0.4, -0.2) is 22.6 Å².